The van der Waals surface area contributed by atoms with Crippen LogP contribution in [0, 0.1) is 0 Å². The molecule has 106 valence electrons. The lowest BCUT2D eigenvalue weighted by Gasteiger charge is -2.05. The first kappa shape index (κ1) is 16.3. The SMILES string of the molecule is NCCOCCNC(=O)CCSSc1ccccn1. The van der Waals surface area contributed by atoms with E-state index in [4.69, 9.17) is 10.5 Å². The molecule has 1 aromatic rings. The lowest BCUT2D eigenvalue weighted by molar-refractivity contribution is -0.120. The van der Waals surface area contributed by atoms with Gasteiger partial charge in [-0.15, -0.1) is 0 Å². The molecule has 0 fully saturated rings. The van der Waals surface area contributed by atoms with Gasteiger partial charge in [-0.05, 0) is 22.9 Å². The highest BCUT2D eigenvalue weighted by atomic mass is 33.1. The highest BCUT2D eigenvalue weighted by Crippen LogP contribution is 2.29. The van der Waals surface area contributed by atoms with Crippen molar-refractivity contribution in [2.75, 3.05) is 32.1 Å². The number of hydrogen-bond acceptors (Lipinski definition) is 6. The molecule has 0 aliphatic rings. The van der Waals surface area contributed by atoms with Gasteiger partial charge in [-0.1, -0.05) is 16.9 Å². The van der Waals surface area contributed by atoms with Crippen LogP contribution in [0.25, 0.3) is 0 Å². The van der Waals surface area contributed by atoms with Gasteiger partial charge >= 0.3 is 0 Å². The van der Waals surface area contributed by atoms with Crippen LogP contribution >= 0.6 is 21.6 Å². The predicted molar refractivity (Wildman–Crippen MR) is 80.1 cm³/mol. The summed E-state index contributed by atoms with van der Waals surface area (Å²) in [4.78, 5) is 15.6. The first-order valence-corrected chi connectivity index (χ1v) is 8.40. The standard InChI is InChI=1S/C12H19N3O2S2/c13-5-8-17-9-7-14-11(16)4-10-18-19-12-3-1-2-6-15-12/h1-3,6H,4-5,7-10,13H2,(H,14,16). The summed E-state index contributed by atoms with van der Waals surface area (Å²) in [6, 6.07) is 5.78. The van der Waals surface area contributed by atoms with Crippen LogP contribution < -0.4 is 11.1 Å². The van der Waals surface area contributed by atoms with Crippen molar-refractivity contribution >= 4 is 27.5 Å². The minimum absolute atomic E-state index is 0.0467. The third-order valence-electron chi connectivity index (χ3n) is 2.03. The van der Waals surface area contributed by atoms with Crippen LogP contribution in [0.4, 0.5) is 0 Å². The lowest BCUT2D eigenvalue weighted by Crippen LogP contribution is -2.28. The molecule has 0 saturated heterocycles. The maximum Gasteiger partial charge on any atom is 0.220 e. The number of nitrogens with two attached hydrogens (primary N) is 1. The second-order valence-corrected chi connectivity index (χ2v) is 6.01. The summed E-state index contributed by atoms with van der Waals surface area (Å²) < 4.78 is 5.16. The molecule has 1 amide bonds. The van der Waals surface area contributed by atoms with E-state index in [9.17, 15) is 4.79 Å². The summed E-state index contributed by atoms with van der Waals surface area (Å²) in [7, 11) is 3.21. The maximum atomic E-state index is 11.5. The number of pyridine rings is 1. The minimum atomic E-state index is 0.0467. The van der Waals surface area contributed by atoms with E-state index in [1.165, 1.54) is 0 Å². The Kier molecular flexibility index (Phi) is 9.52. The highest BCUT2D eigenvalue weighted by molar-refractivity contribution is 8.76. The van der Waals surface area contributed by atoms with Gasteiger partial charge in [-0.2, -0.15) is 0 Å². The van der Waals surface area contributed by atoms with Crippen LogP contribution in [0.5, 0.6) is 0 Å². The highest BCUT2D eigenvalue weighted by Gasteiger charge is 2.01. The number of ether oxygens (including phenoxy) is 1. The average molecular weight is 301 g/mol. The van der Waals surface area contributed by atoms with Crippen molar-refractivity contribution < 1.29 is 9.53 Å². The molecule has 7 heteroatoms. The molecule has 5 nitrogen and oxygen atoms in total. The second-order valence-electron chi connectivity index (χ2n) is 3.57. The molecule has 1 aromatic heterocycles. The van der Waals surface area contributed by atoms with Crippen molar-refractivity contribution in [3.8, 4) is 0 Å². The molecule has 0 bridgehead atoms. The molecule has 0 radical (unpaired) electrons. The van der Waals surface area contributed by atoms with Gasteiger partial charge in [0.2, 0.25) is 5.91 Å². The summed E-state index contributed by atoms with van der Waals surface area (Å²) in [5, 5.41) is 3.76. The average Bonchev–Trinajstić information content (AvgIpc) is 2.44. The largest absolute Gasteiger partial charge is 0.378 e. The van der Waals surface area contributed by atoms with Crippen LogP contribution in [0.15, 0.2) is 29.4 Å². The van der Waals surface area contributed by atoms with Gasteiger partial charge in [0, 0.05) is 31.5 Å². The van der Waals surface area contributed by atoms with E-state index >= 15 is 0 Å². The number of aromatic nitrogens is 1. The fraction of sp³-hybridized carbons (Fsp3) is 0.500. The molecule has 1 rings (SSSR count). The normalized spacial score (nSPS) is 10.4. The van der Waals surface area contributed by atoms with Crippen LogP contribution in [0.1, 0.15) is 6.42 Å². The molecule has 0 saturated carbocycles. The molecule has 0 atom stereocenters. The molecule has 3 N–H and O–H groups in total. The van der Waals surface area contributed by atoms with Crippen molar-refractivity contribution in [3.63, 3.8) is 0 Å². The molecule has 0 spiro atoms. The van der Waals surface area contributed by atoms with Crippen molar-refractivity contribution in [1.29, 1.82) is 0 Å². The molecular weight excluding hydrogens is 282 g/mol. The van der Waals surface area contributed by atoms with E-state index in [2.05, 4.69) is 10.3 Å². The van der Waals surface area contributed by atoms with Crippen LogP contribution in [0.2, 0.25) is 0 Å². The fourth-order valence-corrected chi connectivity index (χ4v) is 3.04. The van der Waals surface area contributed by atoms with Gasteiger partial charge < -0.3 is 15.8 Å². The zero-order valence-corrected chi connectivity index (χ0v) is 12.3. The summed E-state index contributed by atoms with van der Waals surface area (Å²) in [6.07, 6.45) is 2.26. The van der Waals surface area contributed by atoms with E-state index in [-0.39, 0.29) is 5.91 Å². The summed E-state index contributed by atoms with van der Waals surface area (Å²) in [6.45, 7) is 2.09. The zero-order chi connectivity index (χ0) is 13.8. The maximum absolute atomic E-state index is 11.5. The van der Waals surface area contributed by atoms with Crippen LogP contribution in [-0.2, 0) is 9.53 Å². The number of carbonyl (C=O) groups is 1. The molecule has 0 aliphatic heterocycles. The Balaban J connectivity index is 1.95. The number of nitrogens with one attached hydrogen (secondary N) is 1. The second kappa shape index (κ2) is 11.1. The summed E-state index contributed by atoms with van der Waals surface area (Å²) in [5.74, 6) is 0.807. The minimum Gasteiger partial charge on any atom is -0.378 e. The molecular formula is C12H19N3O2S2. The van der Waals surface area contributed by atoms with Crippen molar-refractivity contribution in [3.05, 3.63) is 24.4 Å². The first-order valence-electron chi connectivity index (χ1n) is 6.08. The van der Waals surface area contributed by atoms with E-state index < -0.39 is 0 Å². The quantitative estimate of drug-likeness (QED) is 0.501. The lowest BCUT2D eigenvalue weighted by atomic mass is 10.4. The topological polar surface area (TPSA) is 77.2 Å². The van der Waals surface area contributed by atoms with E-state index in [0.29, 0.717) is 32.7 Å². The van der Waals surface area contributed by atoms with E-state index in [1.807, 2.05) is 18.2 Å². The Morgan fingerprint density at radius 2 is 2.32 bits per heavy atom. The first-order chi connectivity index (χ1) is 9.33. The van der Waals surface area contributed by atoms with Gasteiger partial charge in [0.25, 0.3) is 0 Å². The number of carbonyl (C=O) groups excluding carboxylic acids is 1. The Labute approximate surface area is 121 Å². The zero-order valence-electron chi connectivity index (χ0n) is 10.7. The van der Waals surface area contributed by atoms with Crippen molar-refractivity contribution in [1.82, 2.24) is 10.3 Å². The fourth-order valence-electron chi connectivity index (χ4n) is 1.17. The van der Waals surface area contributed by atoms with Crippen molar-refractivity contribution in [2.45, 2.75) is 11.4 Å². The predicted octanol–water partition coefficient (Wildman–Crippen LogP) is 1.30. The Hall–Kier alpha value is -0.760. The van der Waals surface area contributed by atoms with Crippen LogP contribution in [0.3, 0.4) is 0 Å². The Morgan fingerprint density at radius 3 is 3.05 bits per heavy atom. The number of hydrogen-bond donors (Lipinski definition) is 2. The van der Waals surface area contributed by atoms with Gasteiger partial charge in [0.05, 0.1) is 13.2 Å². The molecule has 0 aromatic carbocycles. The Bertz CT molecular complexity index is 352. The third-order valence-corrected chi connectivity index (χ3v) is 4.29. The Morgan fingerprint density at radius 1 is 1.42 bits per heavy atom. The summed E-state index contributed by atoms with van der Waals surface area (Å²) in [5.41, 5.74) is 5.28. The van der Waals surface area contributed by atoms with E-state index in [1.54, 1.807) is 27.8 Å². The van der Waals surface area contributed by atoms with Crippen molar-refractivity contribution in [2.24, 2.45) is 5.73 Å². The van der Waals surface area contributed by atoms with Gasteiger partial charge in [-0.25, -0.2) is 4.98 Å². The van der Waals surface area contributed by atoms with Gasteiger partial charge in [0.15, 0.2) is 0 Å². The number of rotatable bonds is 10. The molecule has 0 unspecified atom stereocenters. The van der Waals surface area contributed by atoms with Crippen LogP contribution in [-0.4, -0.2) is 42.9 Å². The number of nitrogens with zero attached hydrogens (tertiary/aromatic N) is 1. The van der Waals surface area contributed by atoms with Gasteiger partial charge in [0.1, 0.15) is 5.03 Å². The monoisotopic (exact) mass is 301 g/mol. The molecule has 1 heterocycles. The molecule has 19 heavy (non-hydrogen) atoms. The smallest absolute Gasteiger partial charge is 0.220 e. The molecule has 0 aliphatic carbocycles. The van der Waals surface area contributed by atoms with Gasteiger partial charge in [-0.3, -0.25) is 4.79 Å². The third kappa shape index (κ3) is 8.88. The number of amides is 1. The summed E-state index contributed by atoms with van der Waals surface area (Å²) >= 11 is 0. The van der Waals surface area contributed by atoms with E-state index in [0.717, 1.165) is 10.8 Å².